The molecule has 0 fully saturated rings. The Morgan fingerprint density at radius 3 is 1.11 bits per heavy atom. The van der Waals surface area contributed by atoms with E-state index in [4.69, 9.17) is 10.0 Å². The van der Waals surface area contributed by atoms with Gasteiger partial charge in [0.15, 0.2) is 0 Å². The fourth-order valence-electron chi connectivity index (χ4n) is 0. The average Bonchev–Trinajstić information content (AvgIpc) is 1.33. The molecule has 0 amide bonds. The summed E-state index contributed by atoms with van der Waals surface area (Å²) in [5.41, 5.74) is 0. The van der Waals surface area contributed by atoms with Crippen molar-refractivity contribution in [2.24, 2.45) is 0 Å². The predicted molar refractivity (Wildman–Crippen MR) is 38.6 cm³/mol. The molecule has 0 aliphatic rings. The molecule has 0 saturated heterocycles. The quantitative estimate of drug-likeness (QED) is 0.284. The molecule has 0 aromatic rings. The van der Waals surface area contributed by atoms with Gasteiger partial charge in [-0.2, -0.15) is 0 Å². The summed E-state index contributed by atoms with van der Waals surface area (Å²) in [7, 11) is 0.139. The number of rotatable bonds is 0. The molecule has 9 heavy (non-hydrogen) atoms. The van der Waals surface area contributed by atoms with Crippen molar-refractivity contribution in [1.29, 1.82) is 0 Å². The summed E-state index contributed by atoms with van der Waals surface area (Å²) in [6.07, 6.45) is 6.58. The van der Waals surface area contributed by atoms with Crippen LogP contribution in [0.4, 0.5) is 0 Å². The van der Waals surface area contributed by atoms with Crippen LogP contribution in [-0.2, 0) is 10.9 Å². The van der Waals surface area contributed by atoms with Gasteiger partial charge >= 0.3 is 23.1 Å². The van der Waals surface area contributed by atoms with E-state index in [1.165, 1.54) is 0 Å². The van der Waals surface area contributed by atoms with E-state index in [9.17, 15) is 0 Å². The Morgan fingerprint density at radius 1 is 1.11 bits per heavy atom. The third-order valence-corrected chi connectivity index (χ3v) is 0. The van der Waals surface area contributed by atoms with E-state index in [-0.39, 0.29) is 28.5 Å². The van der Waals surface area contributed by atoms with Crippen LogP contribution in [0.2, 0.25) is 0 Å². The number of hydrogen-bond acceptors (Lipinski definition) is 3. The summed E-state index contributed by atoms with van der Waals surface area (Å²) in [5.74, 6) is 0. The molecule has 6 heteroatoms. The van der Waals surface area contributed by atoms with Crippen LogP contribution in [0.25, 0.3) is 0 Å². The molecule has 0 aromatic carbocycles. The summed E-state index contributed by atoms with van der Waals surface area (Å²) < 4.78 is 0. The van der Waals surface area contributed by atoms with Gasteiger partial charge in [0.05, 0.1) is 18.8 Å². The van der Waals surface area contributed by atoms with Crippen molar-refractivity contribution in [3.63, 3.8) is 0 Å². The molecule has 0 aliphatic carbocycles. The van der Waals surface area contributed by atoms with Gasteiger partial charge in [-0.1, -0.05) is 0 Å². The van der Waals surface area contributed by atoms with Crippen molar-refractivity contribution in [2.75, 3.05) is 18.8 Å². The standard InChI is InChI=1S/C3H9S.BO2.Mg.H2O/c1-4(2)3;2-1-3;;/h1-3H3;;;1H2/q+1;-2;+2;/p-1. The van der Waals surface area contributed by atoms with Crippen LogP contribution < -0.4 is 10.0 Å². The molecule has 1 N–H and O–H groups in total. The molecule has 0 rings (SSSR count). The Bertz CT molecular complexity index is 30.3. The third kappa shape index (κ3) is 401. The van der Waals surface area contributed by atoms with Crippen LogP contribution in [-0.4, -0.2) is 55.0 Å². The van der Waals surface area contributed by atoms with Gasteiger partial charge in [0.25, 0.3) is 0 Å². The number of hydrogen-bond donors (Lipinski definition) is 0. The van der Waals surface area contributed by atoms with Crippen molar-refractivity contribution in [3.8, 4) is 0 Å². The van der Waals surface area contributed by atoms with Crippen molar-refractivity contribution < 1.29 is 15.5 Å². The van der Waals surface area contributed by atoms with Crippen molar-refractivity contribution in [3.05, 3.63) is 0 Å². The Morgan fingerprint density at radius 2 is 1.11 bits per heavy atom. The predicted octanol–water partition coefficient (Wildman–Crippen LogP) is -2.82. The van der Waals surface area contributed by atoms with Gasteiger partial charge in [0.1, 0.15) is 0 Å². The molecular weight excluding hydrogens is 151 g/mol. The smallest absolute Gasteiger partial charge is 0.900 e. The molecule has 1 radical (unpaired) electrons. The summed E-state index contributed by atoms with van der Waals surface area (Å²) in [5, 5.41) is 16.5. The van der Waals surface area contributed by atoms with Crippen LogP contribution >= 0.6 is 0 Å². The summed E-state index contributed by atoms with van der Waals surface area (Å²) in [4.78, 5) is 0. The first kappa shape index (κ1) is 22.5. The van der Waals surface area contributed by atoms with Crippen LogP contribution in [0.5, 0.6) is 0 Å². The van der Waals surface area contributed by atoms with E-state index in [1.54, 1.807) is 0 Å². The van der Waals surface area contributed by atoms with Crippen LogP contribution in [0, 0.1) is 0 Å². The first-order valence-corrected chi connectivity index (χ1v) is 4.15. The molecular formula is C3H10BMgO3S. The van der Waals surface area contributed by atoms with E-state index in [0.717, 1.165) is 0 Å². The Kier molecular flexibility index (Phi) is 57.4. The molecule has 0 bridgehead atoms. The molecule has 0 aromatic heterocycles. The normalized spacial score (nSPS) is 5.56. The topological polar surface area (TPSA) is 76.1 Å². The maximum absolute atomic E-state index is 8.25. The van der Waals surface area contributed by atoms with E-state index in [2.05, 4.69) is 18.8 Å². The summed E-state index contributed by atoms with van der Waals surface area (Å²) in [6.45, 7) is 0. The van der Waals surface area contributed by atoms with E-state index in [1.807, 2.05) is 0 Å². The van der Waals surface area contributed by atoms with Gasteiger partial charge < -0.3 is 15.5 Å². The molecule has 0 saturated carbocycles. The molecule has 0 atom stereocenters. The third-order valence-electron chi connectivity index (χ3n) is 0. The average molecular weight is 161 g/mol. The van der Waals surface area contributed by atoms with Crippen LogP contribution in [0.15, 0.2) is 0 Å². The molecule has 0 heterocycles. The second-order valence-corrected chi connectivity index (χ2v) is 3.77. The minimum atomic E-state index is -0.500. The summed E-state index contributed by atoms with van der Waals surface area (Å²) in [6, 6.07) is 0. The van der Waals surface area contributed by atoms with Crippen molar-refractivity contribution in [2.45, 2.75) is 0 Å². The zero-order valence-corrected chi connectivity index (χ0v) is 8.19. The monoisotopic (exact) mass is 161 g/mol. The zero-order valence-electron chi connectivity index (χ0n) is 5.96. The van der Waals surface area contributed by atoms with Crippen molar-refractivity contribution >= 4 is 41.6 Å². The first-order valence-electron chi connectivity index (χ1n) is 1.70. The Balaban J connectivity index is -0.0000000233. The minimum Gasteiger partial charge on any atom is -0.900 e. The molecule has 0 spiro atoms. The van der Waals surface area contributed by atoms with Gasteiger partial charge in [0, 0.05) is 0 Å². The van der Waals surface area contributed by atoms with Gasteiger partial charge in [-0.05, 0) is 10.9 Å². The van der Waals surface area contributed by atoms with Crippen LogP contribution in [0.1, 0.15) is 0 Å². The minimum absolute atomic E-state index is 0. The maximum Gasteiger partial charge on any atom is 2.00 e. The van der Waals surface area contributed by atoms with Crippen molar-refractivity contribution in [1.82, 2.24) is 0 Å². The molecule has 3 nitrogen and oxygen atoms in total. The fourth-order valence-corrected chi connectivity index (χ4v) is 0. The Hall–Kier alpha value is 1.06. The van der Waals surface area contributed by atoms with Gasteiger partial charge in [0.2, 0.25) is 0 Å². The van der Waals surface area contributed by atoms with Gasteiger partial charge in [-0.25, -0.2) is 7.69 Å². The Labute approximate surface area is 76.0 Å². The second-order valence-electron chi connectivity index (χ2n) is 1.32. The molecule has 51 valence electrons. The fraction of sp³-hybridized carbons (Fsp3) is 1.00. The zero-order chi connectivity index (χ0) is 6.28. The van der Waals surface area contributed by atoms with Gasteiger partial charge in [-0.3, -0.25) is 0 Å². The molecule has 0 aliphatic heterocycles. The van der Waals surface area contributed by atoms with E-state index in [0.29, 0.717) is 10.9 Å². The van der Waals surface area contributed by atoms with Gasteiger partial charge in [-0.15, -0.1) is 0 Å². The summed E-state index contributed by atoms with van der Waals surface area (Å²) >= 11 is 0. The van der Waals surface area contributed by atoms with E-state index < -0.39 is 7.69 Å². The first-order chi connectivity index (χ1) is 3.15. The second kappa shape index (κ2) is 23.0. The largest absolute Gasteiger partial charge is 2.00 e. The SMILES string of the molecule is C[S+](C)C.[Mg+2].[O-][B][O-].[OH-]. The maximum atomic E-state index is 8.25. The van der Waals surface area contributed by atoms with Crippen LogP contribution in [0.3, 0.4) is 0 Å². The molecule has 0 unspecified atom stereocenters. The van der Waals surface area contributed by atoms with E-state index >= 15 is 0 Å².